The predicted octanol–water partition coefficient (Wildman–Crippen LogP) is 5.14. The molecule has 0 spiro atoms. The summed E-state index contributed by atoms with van der Waals surface area (Å²) in [5, 5.41) is 23.2. The molecular formula is C37H52N6O7. The van der Waals surface area contributed by atoms with E-state index >= 15 is 0 Å². The van der Waals surface area contributed by atoms with Gasteiger partial charge in [-0.1, -0.05) is 75.5 Å². The number of aromatic nitrogens is 4. The number of phenolic OH excluding ortho intramolecular Hbond substituents is 1. The number of nitrogens with two attached hydrogens (primary N) is 1. The summed E-state index contributed by atoms with van der Waals surface area (Å²) < 4.78 is 13.0. The van der Waals surface area contributed by atoms with Crippen molar-refractivity contribution in [2.24, 2.45) is 0 Å². The van der Waals surface area contributed by atoms with E-state index in [2.05, 4.69) is 51.5 Å². The third-order valence-electron chi connectivity index (χ3n) is 8.71. The van der Waals surface area contributed by atoms with Gasteiger partial charge >= 0.3 is 5.97 Å². The lowest BCUT2D eigenvalue weighted by Crippen LogP contribution is -2.44. The number of aromatic hydroxyl groups is 1. The van der Waals surface area contributed by atoms with E-state index in [1.165, 1.54) is 42.3 Å². The van der Waals surface area contributed by atoms with E-state index in [-0.39, 0.29) is 54.6 Å². The average Bonchev–Trinajstić information content (AvgIpc) is 3.69. The molecule has 13 heteroatoms. The van der Waals surface area contributed by atoms with Crippen LogP contribution >= 0.6 is 0 Å². The van der Waals surface area contributed by atoms with E-state index < -0.39 is 36.0 Å². The van der Waals surface area contributed by atoms with Crippen LogP contribution in [0.2, 0.25) is 0 Å². The molecule has 2 aromatic heterocycles. The van der Waals surface area contributed by atoms with Crippen LogP contribution < -0.4 is 16.6 Å². The van der Waals surface area contributed by atoms with Crippen molar-refractivity contribution in [3.05, 3.63) is 70.8 Å². The van der Waals surface area contributed by atoms with Crippen molar-refractivity contribution in [1.29, 1.82) is 0 Å². The monoisotopic (exact) mass is 692 g/mol. The van der Waals surface area contributed by atoms with Gasteiger partial charge in [0.1, 0.15) is 30.7 Å². The number of hydrogen-bond acceptors (Lipinski definition) is 10. The fraction of sp³-hybridized carbons (Fsp3) is 0.541. The largest absolute Gasteiger partial charge is 0.508 e. The Morgan fingerprint density at radius 1 is 1.08 bits per heavy atom. The van der Waals surface area contributed by atoms with Crippen LogP contribution in [0.25, 0.3) is 11.2 Å². The fourth-order valence-corrected chi connectivity index (χ4v) is 5.88. The molecule has 3 heterocycles. The van der Waals surface area contributed by atoms with Crippen LogP contribution in [-0.4, -0.2) is 66.5 Å². The molecule has 0 radical (unpaired) electrons. The van der Waals surface area contributed by atoms with Crippen LogP contribution in [0.15, 0.2) is 59.7 Å². The van der Waals surface area contributed by atoms with E-state index in [0.29, 0.717) is 6.42 Å². The number of unbranched alkanes of at least 4 members (excludes halogenated alkanes) is 8. The highest BCUT2D eigenvalue weighted by Crippen LogP contribution is 2.30. The smallest absolute Gasteiger partial charge is 0.329 e. The Morgan fingerprint density at radius 2 is 1.78 bits per heavy atom. The number of carbonyl (C=O) groups excluding carboxylic acids is 2. The highest BCUT2D eigenvalue weighted by molar-refractivity contribution is 5.84. The Hall–Kier alpha value is -4.49. The molecule has 50 heavy (non-hydrogen) atoms. The van der Waals surface area contributed by atoms with Crippen molar-refractivity contribution in [3.63, 3.8) is 0 Å². The number of amides is 1. The molecule has 0 bridgehead atoms. The lowest BCUT2D eigenvalue weighted by atomic mass is 10.0. The third kappa shape index (κ3) is 12.1. The maximum absolute atomic E-state index is 13.3. The molecule has 1 amide bonds. The number of ether oxygens (including phenoxy) is 2. The van der Waals surface area contributed by atoms with Gasteiger partial charge in [-0.2, -0.15) is 4.98 Å². The molecule has 0 unspecified atom stereocenters. The first-order valence-corrected chi connectivity index (χ1v) is 17.8. The van der Waals surface area contributed by atoms with Crippen molar-refractivity contribution in [2.75, 3.05) is 12.3 Å². The van der Waals surface area contributed by atoms with Crippen LogP contribution in [-0.2, 0) is 25.5 Å². The Morgan fingerprint density at radius 3 is 2.52 bits per heavy atom. The fourth-order valence-electron chi connectivity index (χ4n) is 5.88. The van der Waals surface area contributed by atoms with Gasteiger partial charge in [0, 0.05) is 19.3 Å². The molecular weight excluding hydrogens is 640 g/mol. The second-order valence-electron chi connectivity index (χ2n) is 12.8. The number of fused-ring (bicyclic) bond motifs is 1. The first kappa shape index (κ1) is 38.3. The van der Waals surface area contributed by atoms with Crippen LogP contribution in [0.3, 0.4) is 0 Å². The van der Waals surface area contributed by atoms with Crippen LogP contribution in [0.5, 0.6) is 5.75 Å². The van der Waals surface area contributed by atoms with Gasteiger partial charge in [-0.3, -0.25) is 19.1 Å². The number of phenols is 1. The number of nitrogen functional groups attached to an aromatic ring is 1. The first-order valence-electron chi connectivity index (χ1n) is 17.8. The lowest BCUT2D eigenvalue weighted by molar-refractivity contribution is -0.153. The normalized spacial score (nSPS) is 18.3. The number of esters is 1. The predicted molar refractivity (Wildman–Crippen MR) is 191 cm³/mol. The number of aromatic amines is 1. The topological polar surface area (TPSA) is 195 Å². The molecule has 13 nitrogen and oxygen atoms in total. The summed E-state index contributed by atoms with van der Waals surface area (Å²) in [5.74, 6) is -0.902. The number of aliphatic hydroxyl groups is 1. The van der Waals surface area contributed by atoms with E-state index in [9.17, 15) is 24.6 Å². The Kier molecular flexibility index (Phi) is 15.5. The van der Waals surface area contributed by atoms with Crippen molar-refractivity contribution >= 4 is 29.0 Å². The summed E-state index contributed by atoms with van der Waals surface area (Å²) in [7, 11) is 0. The van der Waals surface area contributed by atoms with Crippen LogP contribution in [0, 0.1) is 0 Å². The summed E-state index contributed by atoms with van der Waals surface area (Å²) in [6.07, 6.45) is 20.3. The van der Waals surface area contributed by atoms with Crippen LogP contribution in [0.1, 0.15) is 102 Å². The number of nitrogens with one attached hydrogen (secondary N) is 2. The van der Waals surface area contributed by atoms with Gasteiger partial charge in [-0.25, -0.2) is 9.78 Å². The zero-order chi connectivity index (χ0) is 35.7. The van der Waals surface area contributed by atoms with E-state index in [0.717, 1.165) is 50.5 Å². The summed E-state index contributed by atoms with van der Waals surface area (Å²) in [5.41, 5.74) is 6.22. The Balaban J connectivity index is 1.20. The summed E-state index contributed by atoms with van der Waals surface area (Å²) >= 11 is 0. The quantitative estimate of drug-likeness (QED) is 0.0567. The van der Waals surface area contributed by atoms with Crippen molar-refractivity contribution in [2.45, 2.75) is 121 Å². The minimum absolute atomic E-state index is 0.0783. The highest BCUT2D eigenvalue weighted by Gasteiger charge is 2.37. The molecule has 1 aliphatic rings. The summed E-state index contributed by atoms with van der Waals surface area (Å²) in [4.78, 5) is 48.9. The molecule has 272 valence electrons. The SMILES string of the molecule is CCCCCC=CCC=CCCCCCCCC(=O)N[C@@H](Cc1ccc(O)cc1)C(=O)OC[C@H]1O[C@@H](n2cnc3c(=O)[nH]c(N)nc32)C[C@@H]1O. The Labute approximate surface area is 293 Å². The van der Waals surface area contributed by atoms with E-state index in [1.54, 1.807) is 12.1 Å². The number of benzene rings is 1. The number of carbonyl (C=O) groups is 2. The molecule has 1 aromatic carbocycles. The maximum Gasteiger partial charge on any atom is 0.329 e. The minimum Gasteiger partial charge on any atom is -0.508 e. The third-order valence-corrected chi connectivity index (χ3v) is 8.71. The Bertz CT molecular complexity index is 1620. The summed E-state index contributed by atoms with van der Waals surface area (Å²) in [6, 6.07) is 5.41. The summed E-state index contributed by atoms with van der Waals surface area (Å²) in [6.45, 7) is 1.96. The number of H-pyrrole nitrogens is 1. The van der Waals surface area contributed by atoms with E-state index in [4.69, 9.17) is 15.2 Å². The van der Waals surface area contributed by atoms with Gasteiger partial charge in [-0.05, 0) is 56.2 Å². The molecule has 6 N–H and O–H groups in total. The molecule has 4 atom stereocenters. The maximum atomic E-state index is 13.3. The van der Waals surface area contributed by atoms with Crippen molar-refractivity contribution in [3.8, 4) is 5.75 Å². The number of anilines is 1. The zero-order valence-corrected chi connectivity index (χ0v) is 29.0. The number of rotatable bonds is 21. The zero-order valence-electron chi connectivity index (χ0n) is 29.0. The number of allylic oxidation sites excluding steroid dienone is 4. The molecule has 1 aliphatic heterocycles. The molecule has 0 saturated carbocycles. The molecule has 1 fully saturated rings. The molecule has 0 aliphatic carbocycles. The number of imidazole rings is 1. The van der Waals surface area contributed by atoms with E-state index in [1.807, 2.05) is 0 Å². The van der Waals surface area contributed by atoms with Gasteiger partial charge in [0.05, 0.1) is 12.4 Å². The van der Waals surface area contributed by atoms with Gasteiger partial charge in [0.25, 0.3) is 5.56 Å². The van der Waals surface area contributed by atoms with Gasteiger partial charge in [-0.15, -0.1) is 0 Å². The molecule has 4 rings (SSSR count). The second kappa shape index (κ2) is 20.2. The number of hydrogen-bond donors (Lipinski definition) is 5. The van der Waals surface area contributed by atoms with Crippen molar-refractivity contribution < 1.29 is 29.3 Å². The standard InChI is InChI=1S/C37H52N6O7/c1-2-3-4-5-6-7-8-9-10-11-12-13-14-15-16-17-31(46)40-28(22-26-18-20-27(44)21-19-26)36(48)49-24-30-29(45)23-32(50-30)43-25-39-33-34(43)41-37(38)42-35(33)47/h6-7,9-10,18-21,25,28-30,32,44-45H,2-5,8,11-17,22-24H2,1H3,(H,40,46)(H3,38,41,42,47)/t28-,29-,30+,32+/m0/s1. The van der Waals surface area contributed by atoms with Crippen molar-refractivity contribution in [1.82, 2.24) is 24.8 Å². The van der Waals surface area contributed by atoms with Gasteiger partial charge in [0.15, 0.2) is 11.2 Å². The van der Waals surface area contributed by atoms with Gasteiger partial charge < -0.3 is 30.7 Å². The number of nitrogens with zero attached hydrogens (tertiary/aromatic N) is 3. The average molecular weight is 693 g/mol. The number of aliphatic hydroxyl groups excluding tert-OH is 1. The first-order chi connectivity index (χ1) is 24.2. The van der Waals surface area contributed by atoms with Gasteiger partial charge in [0.2, 0.25) is 11.9 Å². The molecule has 1 saturated heterocycles. The highest BCUT2D eigenvalue weighted by atomic mass is 16.6. The molecule has 3 aromatic rings. The minimum atomic E-state index is -0.979. The lowest BCUT2D eigenvalue weighted by Gasteiger charge is -2.20. The van der Waals surface area contributed by atoms with Crippen LogP contribution in [0.4, 0.5) is 5.95 Å². The second-order valence-corrected chi connectivity index (χ2v) is 12.8.